The van der Waals surface area contributed by atoms with Crippen LogP contribution < -0.4 is 4.90 Å². The molecular formula is C50H29N3O. The predicted molar refractivity (Wildman–Crippen MR) is 224 cm³/mol. The summed E-state index contributed by atoms with van der Waals surface area (Å²) in [4.78, 5) is 13.2. The number of furan rings is 1. The van der Waals surface area contributed by atoms with Gasteiger partial charge in [-0.25, -0.2) is 9.97 Å². The minimum absolute atomic E-state index is 0.688. The van der Waals surface area contributed by atoms with Crippen molar-refractivity contribution in [3.8, 4) is 33.8 Å². The van der Waals surface area contributed by atoms with Crippen LogP contribution in [0.2, 0.25) is 0 Å². The molecule has 250 valence electrons. The molecular weight excluding hydrogens is 659 g/mol. The van der Waals surface area contributed by atoms with E-state index in [0.717, 1.165) is 66.1 Å². The van der Waals surface area contributed by atoms with Gasteiger partial charge in [-0.05, 0) is 58.1 Å². The molecule has 0 bridgehead atoms. The minimum atomic E-state index is 0.688. The van der Waals surface area contributed by atoms with Gasteiger partial charge in [-0.15, -0.1) is 0 Å². The van der Waals surface area contributed by atoms with E-state index in [4.69, 9.17) is 14.4 Å². The minimum Gasteiger partial charge on any atom is -0.456 e. The summed E-state index contributed by atoms with van der Waals surface area (Å²) in [6, 6.07) is 62.5. The number of para-hydroxylation sites is 2. The van der Waals surface area contributed by atoms with Crippen LogP contribution in [-0.2, 0) is 0 Å². The second-order valence-corrected chi connectivity index (χ2v) is 14.1. The predicted octanol–water partition coefficient (Wildman–Crippen LogP) is 13.8. The van der Waals surface area contributed by atoms with Crippen molar-refractivity contribution in [3.05, 3.63) is 176 Å². The number of hydrogen-bond acceptors (Lipinski definition) is 4. The number of fused-ring (bicyclic) bond motifs is 9. The Hall–Kier alpha value is -7.30. The lowest BCUT2D eigenvalue weighted by atomic mass is 9.88. The molecule has 9 aromatic carbocycles. The van der Waals surface area contributed by atoms with Crippen LogP contribution in [0.4, 0.5) is 17.1 Å². The quantitative estimate of drug-likeness (QED) is 0.185. The molecule has 54 heavy (non-hydrogen) atoms. The molecule has 0 aliphatic carbocycles. The third kappa shape index (κ3) is 4.08. The lowest BCUT2D eigenvalue weighted by Gasteiger charge is -2.35. The summed E-state index contributed by atoms with van der Waals surface area (Å²) in [5.74, 6) is 0.688. The third-order valence-corrected chi connectivity index (χ3v) is 11.2. The van der Waals surface area contributed by atoms with Crippen LogP contribution in [0.3, 0.4) is 0 Å². The Morgan fingerprint density at radius 2 is 1.04 bits per heavy atom. The Morgan fingerprint density at radius 1 is 0.370 bits per heavy atom. The lowest BCUT2D eigenvalue weighted by molar-refractivity contribution is 0.669. The van der Waals surface area contributed by atoms with Crippen molar-refractivity contribution in [2.45, 2.75) is 0 Å². The van der Waals surface area contributed by atoms with Gasteiger partial charge in [0, 0.05) is 49.0 Å². The van der Waals surface area contributed by atoms with Gasteiger partial charge < -0.3 is 9.32 Å². The summed E-state index contributed by atoms with van der Waals surface area (Å²) >= 11 is 0. The summed E-state index contributed by atoms with van der Waals surface area (Å²) in [7, 11) is 0. The van der Waals surface area contributed by atoms with Crippen molar-refractivity contribution < 1.29 is 4.42 Å². The highest BCUT2D eigenvalue weighted by molar-refractivity contribution is 6.21. The molecule has 3 heterocycles. The zero-order chi connectivity index (χ0) is 35.3. The molecule has 0 spiro atoms. The Morgan fingerprint density at radius 3 is 1.94 bits per heavy atom. The third-order valence-electron chi connectivity index (χ3n) is 11.2. The molecule has 0 saturated carbocycles. The number of aromatic nitrogens is 2. The first kappa shape index (κ1) is 29.3. The van der Waals surface area contributed by atoms with E-state index >= 15 is 0 Å². The van der Waals surface area contributed by atoms with Gasteiger partial charge in [0.1, 0.15) is 11.2 Å². The highest BCUT2D eigenvalue weighted by Crippen LogP contribution is 2.54. The first-order chi connectivity index (χ1) is 26.8. The summed E-state index contributed by atoms with van der Waals surface area (Å²) in [5, 5.41) is 10.3. The van der Waals surface area contributed by atoms with E-state index in [1.165, 1.54) is 44.0 Å². The maximum absolute atomic E-state index is 6.32. The number of benzene rings is 9. The van der Waals surface area contributed by atoms with Crippen molar-refractivity contribution in [2.24, 2.45) is 0 Å². The lowest BCUT2D eigenvalue weighted by Crippen LogP contribution is -2.16. The Balaban J connectivity index is 1.13. The Kier molecular flexibility index (Phi) is 6.02. The number of hydrogen-bond donors (Lipinski definition) is 0. The SMILES string of the molecule is c1ccc2c3c(ccc2c1)-c1cccc2cccc(c12)N3c1ccc(-c2nc(-c3cccc4oc5ccccc5c34)c3ccccc3n2)c2ccccc12. The molecule has 0 fully saturated rings. The van der Waals surface area contributed by atoms with Crippen LogP contribution in [0.1, 0.15) is 0 Å². The fourth-order valence-corrected chi connectivity index (χ4v) is 8.86. The molecule has 1 aliphatic rings. The molecule has 2 aromatic heterocycles. The zero-order valence-corrected chi connectivity index (χ0v) is 29.0. The first-order valence-electron chi connectivity index (χ1n) is 18.3. The van der Waals surface area contributed by atoms with Gasteiger partial charge in [0.05, 0.1) is 28.3 Å². The molecule has 11 aromatic rings. The fraction of sp³-hybridized carbons (Fsp3) is 0. The van der Waals surface area contributed by atoms with E-state index < -0.39 is 0 Å². The van der Waals surface area contributed by atoms with E-state index in [9.17, 15) is 0 Å². The number of anilines is 3. The molecule has 0 amide bonds. The van der Waals surface area contributed by atoms with Gasteiger partial charge in [0.25, 0.3) is 0 Å². The van der Waals surface area contributed by atoms with Crippen molar-refractivity contribution in [1.29, 1.82) is 0 Å². The normalized spacial score (nSPS) is 12.4. The molecule has 4 nitrogen and oxygen atoms in total. The number of rotatable bonds is 3. The van der Waals surface area contributed by atoms with Crippen molar-refractivity contribution in [1.82, 2.24) is 9.97 Å². The standard InChI is InChI=1S/C50H29N3O/c1-2-15-32-30(12-1)26-27-36-35-20-9-13-31-14-10-23-43(46(31)35)53(49(32)36)42-29-28-37(33-16-3-4-17-34(33)42)50-51-41-22-7-5-18-38(41)48(52-50)40-21-11-25-45-47(40)39-19-6-8-24-44(39)54-45/h1-29H. The van der Waals surface area contributed by atoms with Crippen LogP contribution in [0.15, 0.2) is 180 Å². The molecule has 12 rings (SSSR count). The van der Waals surface area contributed by atoms with E-state index in [1.54, 1.807) is 0 Å². The highest BCUT2D eigenvalue weighted by Gasteiger charge is 2.29. The molecule has 0 atom stereocenters. The molecule has 4 heteroatoms. The monoisotopic (exact) mass is 687 g/mol. The maximum atomic E-state index is 6.32. The summed E-state index contributed by atoms with van der Waals surface area (Å²) in [5.41, 5.74) is 11.5. The van der Waals surface area contributed by atoms with E-state index in [2.05, 4.69) is 163 Å². The van der Waals surface area contributed by atoms with Gasteiger partial charge in [-0.3, -0.25) is 0 Å². The average Bonchev–Trinajstić information content (AvgIpc) is 3.62. The summed E-state index contributed by atoms with van der Waals surface area (Å²) in [6.45, 7) is 0. The van der Waals surface area contributed by atoms with Crippen molar-refractivity contribution >= 4 is 82.2 Å². The van der Waals surface area contributed by atoms with E-state index in [-0.39, 0.29) is 0 Å². The van der Waals surface area contributed by atoms with Gasteiger partial charge in [-0.2, -0.15) is 0 Å². The second-order valence-electron chi connectivity index (χ2n) is 14.1. The number of nitrogens with zero attached hydrogens (tertiary/aromatic N) is 3. The first-order valence-corrected chi connectivity index (χ1v) is 18.3. The highest BCUT2D eigenvalue weighted by atomic mass is 16.3. The van der Waals surface area contributed by atoms with Crippen molar-refractivity contribution in [3.63, 3.8) is 0 Å². The molecule has 0 radical (unpaired) electrons. The molecule has 1 aliphatic heterocycles. The summed E-state index contributed by atoms with van der Waals surface area (Å²) in [6.07, 6.45) is 0. The van der Waals surface area contributed by atoms with Crippen LogP contribution >= 0.6 is 0 Å². The van der Waals surface area contributed by atoms with Gasteiger partial charge >= 0.3 is 0 Å². The Labute approximate surface area is 310 Å². The van der Waals surface area contributed by atoms with E-state index in [0.29, 0.717) is 5.82 Å². The van der Waals surface area contributed by atoms with Gasteiger partial charge in [-0.1, -0.05) is 140 Å². The van der Waals surface area contributed by atoms with Crippen LogP contribution in [0.25, 0.3) is 98.9 Å². The van der Waals surface area contributed by atoms with Crippen LogP contribution in [0, 0.1) is 0 Å². The smallest absolute Gasteiger partial charge is 0.161 e. The second kappa shape index (κ2) is 11.1. The van der Waals surface area contributed by atoms with Crippen LogP contribution in [-0.4, -0.2) is 9.97 Å². The van der Waals surface area contributed by atoms with Crippen LogP contribution in [0.5, 0.6) is 0 Å². The zero-order valence-electron chi connectivity index (χ0n) is 29.0. The Bertz CT molecular complexity index is 3350. The molecule has 0 unspecified atom stereocenters. The molecule has 0 N–H and O–H groups in total. The maximum Gasteiger partial charge on any atom is 0.161 e. The topological polar surface area (TPSA) is 42.2 Å². The largest absolute Gasteiger partial charge is 0.456 e. The van der Waals surface area contributed by atoms with Gasteiger partial charge in [0.2, 0.25) is 0 Å². The fourth-order valence-electron chi connectivity index (χ4n) is 8.86. The molecule has 0 saturated heterocycles. The average molecular weight is 688 g/mol. The van der Waals surface area contributed by atoms with E-state index in [1.807, 2.05) is 18.2 Å². The van der Waals surface area contributed by atoms with Crippen molar-refractivity contribution in [2.75, 3.05) is 4.90 Å². The summed E-state index contributed by atoms with van der Waals surface area (Å²) < 4.78 is 6.32. The van der Waals surface area contributed by atoms with Gasteiger partial charge in [0.15, 0.2) is 5.82 Å².